The predicted molar refractivity (Wildman–Crippen MR) is 76.8 cm³/mol. The van der Waals surface area contributed by atoms with Crippen molar-refractivity contribution in [2.75, 3.05) is 24.5 Å². The third-order valence-corrected chi connectivity index (χ3v) is 3.59. The van der Waals surface area contributed by atoms with Crippen molar-refractivity contribution < 1.29 is 14.7 Å². The Hall–Kier alpha value is -1.88. The van der Waals surface area contributed by atoms with E-state index in [1.54, 1.807) is 4.90 Å². The summed E-state index contributed by atoms with van der Waals surface area (Å²) in [5.74, 6) is -0.507. The highest BCUT2D eigenvalue weighted by Gasteiger charge is 2.25. The van der Waals surface area contributed by atoms with Gasteiger partial charge in [0.2, 0.25) is 5.91 Å². The molecule has 1 heterocycles. The lowest BCUT2D eigenvalue weighted by molar-refractivity contribution is -0.136. The summed E-state index contributed by atoms with van der Waals surface area (Å²) in [5.41, 5.74) is 1.80. The number of nitrogens with one attached hydrogen (secondary N) is 1. The molecular formula is C15H20N2O3. The molecule has 5 nitrogen and oxygen atoms in total. The van der Waals surface area contributed by atoms with E-state index in [9.17, 15) is 9.59 Å². The first-order chi connectivity index (χ1) is 9.58. The normalized spacial score (nSPS) is 14.7. The van der Waals surface area contributed by atoms with Gasteiger partial charge in [-0.1, -0.05) is 18.2 Å². The number of amides is 1. The molecule has 108 valence electrons. The number of carboxylic acid groups (broad SMARTS) is 1. The maximum absolute atomic E-state index is 12.4. The molecule has 2 rings (SSSR count). The Morgan fingerprint density at radius 3 is 2.60 bits per heavy atom. The zero-order valence-corrected chi connectivity index (χ0v) is 11.6. The van der Waals surface area contributed by atoms with Crippen LogP contribution in [0.25, 0.3) is 0 Å². The summed E-state index contributed by atoms with van der Waals surface area (Å²) in [6.07, 6.45) is 0.434. The minimum atomic E-state index is -0.887. The topological polar surface area (TPSA) is 69.6 Å². The second-order valence-corrected chi connectivity index (χ2v) is 5.20. The van der Waals surface area contributed by atoms with Crippen molar-refractivity contribution in [2.45, 2.75) is 19.8 Å². The van der Waals surface area contributed by atoms with Crippen molar-refractivity contribution in [1.82, 2.24) is 5.32 Å². The van der Waals surface area contributed by atoms with Crippen LogP contribution in [0.4, 0.5) is 5.69 Å². The Kier molecular flexibility index (Phi) is 4.74. The lowest BCUT2D eigenvalue weighted by Crippen LogP contribution is -2.45. The number of hydrogen-bond acceptors (Lipinski definition) is 3. The number of rotatable bonds is 6. The third kappa shape index (κ3) is 3.57. The second kappa shape index (κ2) is 6.52. The zero-order valence-electron chi connectivity index (χ0n) is 11.6. The van der Waals surface area contributed by atoms with E-state index in [1.165, 1.54) is 0 Å². The molecular weight excluding hydrogens is 256 g/mol. The van der Waals surface area contributed by atoms with Crippen LogP contribution in [-0.2, 0) is 9.59 Å². The molecule has 1 aromatic carbocycles. The fraction of sp³-hybridized carbons (Fsp3) is 0.467. The molecule has 0 aliphatic carbocycles. The maximum atomic E-state index is 12.4. The minimum absolute atomic E-state index is 0.00653. The third-order valence-electron chi connectivity index (χ3n) is 3.59. The molecule has 0 aromatic heterocycles. The summed E-state index contributed by atoms with van der Waals surface area (Å²) in [4.78, 5) is 24.8. The van der Waals surface area contributed by atoms with Crippen LogP contribution in [0.15, 0.2) is 24.3 Å². The number of nitrogens with zero attached hydrogens (tertiary/aromatic N) is 1. The van der Waals surface area contributed by atoms with Crippen LogP contribution in [0.5, 0.6) is 0 Å². The van der Waals surface area contributed by atoms with Gasteiger partial charge in [0.05, 0.1) is 6.42 Å². The van der Waals surface area contributed by atoms with E-state index in [0.717, 1.165) is 24.3 Å². The van der Waals surface area contributed by atoms with Crippen molar-refractivity contribution in [2.24, 2.45) is 5.92 Å². The van der Waals surface area contributed by atoms with Crippen molar-refractivity contribution in [3.8, 4) is 0 Å². The van der Waals surface area contributed by atoms with Gasteiger partial charge in [0.25, 0.3) is 0 Å². The molecule has 0 bridgehead atoms. The van der Waals surface area contributed by atoms with E-state index in [-0.39, 0.29) is 18.9 Å². The van der Waals surface area contributed by atoms with Crippen LogP contribution in [0.2, 0.25) is 0 Å². The highest BCUT2D eigenvalue weighted by Crippen LogP contribution is 2.22. The van der Waals surface area contributed by atoms with E-state index >= 15 is 0 Å². The number of aliphatic carboxylic acids is 1. The summed E-state index contributed by atoms with van der Waals surface area (Å²) in [5, 5.41) is 12.0. The average Bonchev–Trinajstić information content (AvgIpc) is 2.36. The van der Waals surface area contributed by atoms with Gasteiger partial charge in [-0.3, -0.25) is 9.59 Å². The minimum Gasteiger partial charge on any atom is -0.481 e. The highest BCUT2D eigenvalue weighted by atomic mass is 16.4. The molecule has 2 N–H and O–H groups in total. The Bertz CT molecular complexity index is 498. The molecule has 1 aliphatic heterocycles. The van der Waals surface area contributed by atoms with Gasteiger partial charge in [-0.2, -0.15) is 0 Å². The van der Waals surface area contributed by atoms with Gasteiger partial charge in [-0.15, -0.1) is 0 Å². The van der Waals surface area contributed by atoms with Crippen molar-refractivity contribution in [1.29, 1.82) is 0 Å². The quantitative estimate of drug-likeness (QED) is 0.824. The predicted octanol–water partition coefficient (Wildman–Crippen LogP) is 1.41. The maximum Gasteiger partial charge on any atom is 0.305 e. The van der Waals surface area contributed by atoms with Crippen molar-refractivity contribution in [3.63, 3.8) is 0 Å². The first kappa shape index (κ1) is 14.5. The van der Waals surface area contributed by atoms with Crippen LogP contribution in [0.3, 0.4) is 0 Å². The molecule has 1 aliphatic rings. The number of anilines is 1. The van der Waals surface area contributed by atoms with Crippen molar-refractivity contribution >= 4 is 17.6 Å². The molecule has 20 heavy (non-hydrogen) atoms. The zero-order chi connectivity index (χ0) is 14.5. The van der Waals surface area contributed by atoms with Crippen LogP contribution in [-0.4, -0.2) is 36.6 Å². The van der Waals surface area contributed by atoms with E-state index < -0.39 is 5.97 Å². The van der Waals surface area contributed by atoms with Crippen LogP contribution in [0, 0.1) is 12.8 Å². The number of carbonyl (C=O) groups is 2. The number of carboxylic acids is 1. The lowest BCUT2D eigenvalue weighted by atomic mass is 9.98. The number of para-hydroxylation sites is 1. The summed E-state index contributed by atoms with van der Waals surface area (Å²) < 4.78 is 0. The largest absolute Gasteiger partial charge is 0.481 e. The number of benzene rings is 1. The van der Waals surface area contributed by atoms with Crippen molar-refractivity contribution in [3.05, 3.63) is 29.8 Å². The molecule has 1 amide bonds. The SMILES string of the molecule is Cc1ccccc1N(CCC(=O)O)C(=O)CC1CNC1. The Balaban J connectivity index is 2.12. The fourth-order valence-corrected chi connectivity index (χ4v) is 2.30. The molecule has 1 saturated heterocycles. The van der Waals surface area contributed by atoms with Gasteiger partial charge >= 0.3 is 5.97 Å². The fourth-order valence-electron chi connectivity index (χ4n) is 2.30. The monoisotopic (exact) mass is 276 g/mol. The summed E-state index contributed by atoms with van der Waals surface area (Å²) >= 11 is 0. The smallest absolute Gasteiger partial charge is 0.305 e. The summed E-state index contributed by atoms with van der Waals surface area (Å²) in [6.45, 7) is 3.89. The number of hydrogen-bond donors (Lipinski definition) is 2. The number of carbonyl (C=O) groups excluding carboxylic acids is 1. The summed E-state index contributed by atoms with van der Waals surface area (Å²) in [6, 6.07) is 7.58. The van der Waals surface area contributed by atoms with Gasteiger partial charge in [0, 0.05) is 18.7 Å². The van der Waals surface area contributed by atoms with Gasteiger partial charge in [-0.25, -0.2) is 0 Å². The number of aryl methyl sites for hydroxylation is 1. The van der Waals surface area contributed by atoms with Gasteiger partial charge in [0.1, 0.15) is 0 Å². The van der Waals surface area contributed by atoms with Crippen LogP contribution in [0.1, 0.15) is 18.4 Å². The molecule has 0 saturated carbocycles. The molecule has 5 heteroatoms. The summed E-state index contributed by atoms with van der Waals surface area (Å²) in [7, 11) is 0. The molecule has 0 unspecified atom stereocenters. The van der Waals surface area contributed by atoms with E-state index in [2.05, 4.69) is 5.32 Å². The standard InChI is InChI=1S/C15H20N2O3/c1-11-4-2-3-5-13(11)17(7-6-15(19)20)14(18)8-12-9-16-10-12/h2-5,12,16H,6-10H2,1H3,(H,19,20). The van der Waals surface area contributed by atoms with E-state index in [4.69, 9.17) is 5.11 Å². The van der Waals surface area contributed by atoms with Crippen LogP contribution >= 0.6 is 0 Å². The molecule has 1 aromatic rings. The highest BCUT2D eigenvalue weighted by molar-refractivity contribution is 5.94. The Labute approximate surface area is 118 Å². The van der Waals surface area contributed by atoms with E-state index in [0.29, 0.717) is 12.3 Å². The second-order valence-electron chi connectivity index (χ2n) is 5.20. The average molecular weight is 276 g/mol. The van der Waals surface area contributed by atoms with Gasteiger partial charge < -0.3 is 15.3 Å². The lowest BCUT2D eigenvalue weighted by Gasteiger charge is -2.30. The van der Waals surface area contributed by atoms with Gasteiger partial charge in [-0.05, 0) is 37.6 Å². The Morgan fingerprint density at radius 1 is 1.35 bits per heavy atom. The van der Waals surface area contributed by atoms with Gasteiger partial charge in [0.15, 0.2) is 0 Å². The molecule has 0 radical (unpaired) electrons. The van der Waals surface area contributed by atoms with Crippen LogP contribution < -0.4 is 10.2 Å². The first-order valence-electron chi connectivity index (χ1n) is 6.86. The molecule has 0 atom stereocenters. The Morgan fingerprint density at radius 2 is 2.05 bits per heavy atom. The first-order valence-corrected chi connectivity index (χ1v) is 6.86. The van der Waals surface area contributed by atoms with E-state index in [1.807, 2.05) is 31.2 Å². The molecule has 0 spiro atoms. The molecule has 1 fully saturated rings.